The summed E-state index contributed by atoms with van der Waals surface area (Å²) in [5.41, 5.74) is 6.05. The van der Waals surface area contributed by atoms with Crippen LogP contribution < -0.4 is 20.6 Å². The molecule has 2 N–H and O–H groups in total. The minimum absolute atomic E-state index is 0.161. The molecule has 0 saturated heterocycles. The highest BCUT2D eigenvalue weighted by Gasteiger charge is 2.24. The third kappa shape index (κ3) is 1.99. The average molecular weight is 199 g/mol. The number of hydrogen-bond acceptors (Lipinski definition) is 6. The van der Waals surface area contributed by atoms with Gasteiger partial charge in [0, 0.05) is 0 Å². The monoisotopic (exact) mass is 199 g/mol. The molecule has 7 nitrogen and oxygen atoms in total. The van der Waals surface area contributed by atoms with Gasteiger partial charge in [-0.3, -0.25) is 4.52 Å². The summed E-state index contributed by atoms with van der Waals surface area (Å²) in [5, 5.41) is 16.1. The van der Waals surface area contributed by atoms with Crippen LogP contribution in [0.4, 0.5) is 5.88 Å². The SMILES string of the molecule is C/C([O-])=N/c1on[n+](N(C)C)c1CN. The molecule has 0 fully saturated rings. The van der Waals surface area contributed by atoms with Gasteiger partial charge in [-0.1, -0.05) is 0 Å². The van der Waals surface area contributed by atoms with Crippen LogP contribution in [0.5, 0.6) is 0 Å². The second-order valence-electron chi connectivity index (χ2n) is 2.90. The molecule has 1 aromatic rings. The Hall–Kier alpha value is -1.63. The van der Waals surface area contributed by atoms with E-state index in [1.807, 2.05) is 0 Å². The smallest absolute Gasteiger partial charge is 0.328 e. The maximum atomic E-state index is 10.7. The minimum atomic E-state index is -0.346. The molecule has 0 aliphatic carbocycles. The highest BCUT2D eigenvalue weighted by atomic mass is 16.5. The molecule has 0 spiro atoms. The van der Waals surface area contributed by atoms with Crippen molar-refractivity contribution in [2.45, 2.75) is 13.5 Å². The van der Waals surface area contributed by atoms with Crippen LogP contribution in [0.2, 0.25) is 0 Å². The van der Waals surface area contributed by atoms with Crippen molar-refractivity contribution in [1.82, 2.24) is 5.27 Å². The normalized spacial score (nSPS) is 11.9. The van der Waals surface area contributed by atoms with Crippen LogP contribution in [0.25, 0.3) is 0 Å². The third-order valence-electron chi connectivity index (χ3n) is 1.52. The number of nitrogens with zero attached hydrogens (tertiary/aromatic N) is 4. The number of aromatic nitrogens is 2. The van der Waals surface area contributed by atoms with Crippen LogP contribution in [0.1, 0.15) is 12.6 Å². The second kappa shape index (κ2) is 4.05. The molecule has 0 aromatic carbocycles. The Morgan fingerprint density at radius 2 is 2.36 bits per heavy atom. The zero-order chi connectivity index (χ0) is 10.7. The van der Waals surface area contributed by atoms with E-state index in [-0.39, 0.29) is 18.3 Å². The second-order valence-corrected chi connectivity index (χ2v) is 2.90. The van der Waals surface area contributed by atoms with Crippen molar-refractivity contribution in [2.75, 3.05) is 19.1 Å². The first kappa shape index (κ1) is 10.5. The lowest BCUT2D eigenvalue weighted by molar-refractivity contribution is -0.759. The molecule has 0 aliphatic rings. The molecular formula is C7H13N5O2. The number of aliphatic imine (C=N–C) groups is 1. The molecule has 0 radical (unpaired) electrons. The highest BCUT2D eigenvalue weighted by molar-refractivity contribution is 5.71. The minimum Gasteiger partial charge on any atom is -0.862 e. The van der Waals surface area contributed by atoms with Crippen molar-refractivity contribution in [2.24, 2.45) is 10.7 Å². The Bertz CT molecular complexity index is 340. The van der Waals surface area contributed by atoms with Gasteiger partial charge in [0.25, 0.3) is 0 Å². The fourth-order valence-corrected chi connectivity index (χ4v) is 0.976. The summed E-state index contributed by atoms with van der Waals surface area (Å²) in [6, 6.07) is 0. The molecule has 7 heteroatoms. The van der Waals surface area contributed by atoms with E-state index in [4.69, 9.17) is 10.3 Å². The van der Waals surface area contributed by atoms with Crippen LogP contribution in [0, 0.1) is 0 Å². The van der Waals surface area contributed by atoms with Gasteiger partial charge in [-0.25, -0.2) is 4.99 Å². The predicted molar refractivity (Wildman–Crippen MR) is 47.4 cm³/mol. The Morgan fingerprint density at radius 3 is 2.79 bits per heavy atom. The quantitative estimate of drug-likeness (QED) is 0.346. The van der Waals surface area contributed by atoms with Gasteiger partial charge in [-0.15, -0.1) is 0 Å². The summed E-state index contributed by atoms with van der Waals surface area (Å²) >= 11 is 0. The van der Waals surface area contributed by atoms with Crippen molar-refractivity contribution in [3.8, 4) is 0 Å². The fourth-order valence-electron chi connectivity index (χ4n) is 0.976. The lowest BCUT2D eigenvalue weighted by atomic mass is 10.4. The first-order valence-electron chi connectivity index (χ1n) is 4.07. The van der Waals surface area contributed by atoms with Crippen molar-refractivity contribution in [1.29, 1.82) is 0 Å². The Morgan fingerprint density at radius 1 is 1.71 bits per heavy atom. The maximum Gasteiger partial charge on any atom is 0.328 e. The van der Waals surface area contributed by atoms with E-state index in [9.17, 15) is 5.11 Å². The van der Waals surface area contributed by atoms with Crippen molar-refractivity contribution < 1.29 is 14.4 Å². The predicted octanol–water partition coefficient (Wildman–Crippen LogP) is -1.97. The molecule has 14 heavy (non-hydrogen) atoms. The van der Waals surface area contributed by atoms with E-state index in [1.165, 1.54) is 11.7 Å². The number of nitrogens with two attached hydrogens (primary N) is 1. The Balaban J connectivity index is 3.14. The Labute approximate surface area is 81.4 Å². The summed E-state index contributed by atoms with van der Waals surface area (Å²) in [4.78, 5) is 5.08. The molecule has 0 amide bonds. The van der Waals surface area contributed by atoms with Crippen LogP contribution in [-0.4, -0.2) is 25.3 Å². The zero-order valence-corrected chi connectivity index (χ0v) is 8.39. The van der Waals surface area contributed by atoms with Crippen LogP contribution >= 0.6 is 0 Å². The lowest BCUT2D eigenvalue weighted by Gasteiger charge is -2.00. The average Bonchev–Trinajstić information content (AvgIpc) is 2.46. The van der Waals surface area contributed by atoms with Crippen molar-refractivity contribution >= 4 is 11.8 Å². The molecule has 0 saturated carbocycles. The van der Waals surface area contributed by atoms with E-state index in [0.29, 0.717) is 5.69 Å². The van der Waals surface area contributed by atoms with Crippen LogP contribution in [-0.2, 0) is 6.54 Å². The van der Waals surface area contributed by atoms with Gasteiger partial charge < -0.3 is 10.8 Å². The fraction of sp³-hybridized carbons (Fsp3) is 0.571. The molecular weight excluding hydrogens is 186 g/mol. The van der Waals surface area contributed by atoms with Gasteiger partial charge in [0.2, 0.25) is 5.27 Å². The first-order valence-corrected chi connectivity index (χ1v) is 4.07. The molecule has 1 aromatic heterocycles. The molecule has 0 aliphatic heterocycles. The van der Waals surface area contributed by atoms with Gasteiger partial charge >= 0.3 is 11.6 Å². The Kier molecular flexibility index (Phi) is 3.03. The summed E-state index contributed by atoms with van der Waals surface area (Å²) in [5.74, 6) is -0.185. The summed E-state index contributed by atoms with van der Waals surface area (Å²) in [7, 11) is 3.55. The van der Waals surface area contributed by atoms with E-state index in [0.717, 1.165) is 0 Å². The molecule has 0 bridgehead atoms. The number of rotatable bonds is 3. The molecule has 0 atom stereocenters. The molecule has 1 heterocycles. The van der Waals surface area contributed by atoms with Crippen molar-refractivity contribution in [3.63, 3.8) is 0 Å². The van der Waals surface area contributed by atoms with Gasteiger partial charge in [0.1, 0.15) is 0 Å². The topological polar surface area (TPSA) is 94.6 Å². The van der Waals surface area contributed by atoms with E-state index < -0.39 is 0 Å². The van der Waals surface area contributed by atoms with E-state index in [1.54, 1.807) is 19.1 Å². The van der Waals surface area contributed by atoms with Crippen LogP contribution in [0.3, 0.4) is 0 Å². The van der Waals surface area contributed by atoms with Gasteiger partial charge in [-0.05, 0) is 12.8 Å². The summed E-state index contributed by atoms with van der Waals surface area (Å²) < 4.78 is 4.86. The lowest BCUT2D eigenvalue weighted by Crippen LogP contribution is -2.57. The first-order chi connectivity index (χ1) is 6.56. The molecule has 0 unspecified atom stereocenters. The summed E-state index contributed by atoms with van der Waals surface area (Å²) in [6.07, 6.45) is 0. The maximum absolute atomic E-state index is 10.7. The van der Waals surface area contributed by atoms with Gasteiger partial charge in [-0.2, -0.15) is 5.01 Å². The van der Waals surface area contributed by atoms with Gasteiger partial charge in [0.05, 0.1) is 25.4 Å². The largest absolute Gasteiger partial charge is 0.862 e. The number of hydrogen-bond donors (Lipinski definition) is 1. The van der Waals surface area contributed by atoms with Crippen LogP contribution in [0.15, 0.2) is 9.52 Å². The standard InChI is InChI=1S/C7H13N5O2/c1-5(13)9-7-6(4-8)12(10-14-7)11(2)3/h4,8H2,1-3H3. The van der Waals surface area contributed by atoms with E-state index >= 15 is 0 Å². The van der Waals surface area contributed by atoms with Crippen molar-refractivity contribution in [3.05, 3.63) is 5.69 Å². The highest BCUT2D eigenvalue weighted by Crippen LogP contribution is 2.13. The molecule has 1 rings (SSSR count). The van der Waals surface area contributed by atoms with E-state index in [2.05, 4.69) is 10.3 Å². The van der Waals surface area contributed by atoms with Gasteiger partial charge in [0.15, 0.2) is 0 Å². The summed E-state index contributed by atoms with van der Waals surface area (Å²) in [6.45, 7) is 1.54. The zero-order valence-electron chi connectivity index (χ0n) is 8.39. The third-order valence-corrected chi connectivity index (χ3v) is 1.52. The molecule has 78 valence electrons.